The Kier molecular flexibility index (Phi) is 6.12. The molecule has 8 nitrogen and oxygen atoms in total. The van der Waals surface area contributed by atoms with Crippen molar-refractivity contribution in [1.29, 1.82) is 0 Å². The van der Waals surface area contributed by atoms with Crippen molar-refractivity contribution in [2.75, 3.05) is 7.11 Å². The van der Waals surface area contributed by atoms with Crippen LogP contribution in [0.15, 0.2) is 101 Å². The lowest BCUT2D eigenvalue weighted by Crippen LogP contribution is -2.20. The lowest BCUT2D eigenvalue weighted by Gasteiger charge is -2.13. The van der Waals surface area contributed by atoms with Crippen molar-refractivity contribution in [1.82, 2.24) is 19.7 Å². The molecule has 4 aromatic rings. The fourth-order valence-corrected chi connectivity index (χ4v) is 3.10. The number of nitrogens with two attached hydrogens (primary N) is 1. The van der Waals surface area contributed by atoms with Crippen LogP contribution in [0.2, 0.25) is 0 Å². The highest BCUT2D eigenvalue weighted by atomic mass is 16.5. The molecule has 0 aliphatic carbocycles. The highest BCUT2D eigenvalue weighted by Gasteiger charge is 2.13. The van der Waals surface area contributed by atoms with Crippen LogP contribution in [-0.4, -0.2) is 32.6 Å². The number of hydrogen-bond donors (Lipinski definition) is 1. The van der Waals surface area contributed by atoms with Gasteiger partial charge >= 0.3 is 0 Å². The van der Waals surface area contributed by atoms with E-state index in [4.69, 9.17) is 10.5 Å². The zero-order valence-corrected chi connectivity index (χ0v) is 17.3. The lowest BCUT2D eigenvalue weighted by molar-refractivity contribution is 0.411. The van der Waals surface area contributed by atoms with Crippen LogP contribution in [0.3, 0.4) is 0 Å². The van der Waals surface area contributed by atoms with Gasteiger partial charge in [0, 0.05) is 30.2 Å². The summed E-state index contributed by atoms with van der Waals surface area (Å²) in [6.07, 6.45) is 9.38. The summed E-state index contributed by atoms with van der Waals surface area (Å²) in [6.45, 7) is 0. The Balaban J connectivity index is 1.80. The van der Waals surface area contributed by atoms with Gasteiger partial charge in [-0.25, -0.2) is 9.67 Å². The lowest BCUT2D eigenvalue weighted by atomic mass is 10.1. The third-order valence-electron chi connectivity index (χ3n) is 4.60. The first-order valence-corrected chi connectivity index (χ1v) is 9.77. The summed E-state index contributed by atoms with van der Waals surface area (Å²) < 4.78 is 7.15. The van der Waals surface area contributed by atoms with E-state index in [2.05, 4.69) is 20.1 Å². The summed E-state index contributed by atoms with van der Waals surface area (Å²) in [7, 11) is 1.57. The number of hydrogen-bond acceptors (Lipinski definition) is 7. The molecule has 0 aliphatic rings. The molecule has 0 aliphatic heterocycles. The molecule has 0 unspecified atom stereocenters. The molecule has 0 radical (unpaired) electrons. The van der Waals surface area contributed by atoms with Crippen LogP contribution >= 0.6 is 0 Å². The maximum Gasteiger partial charge on any atom is 0.209 e. The number of benzene rings is 2. The van der Waals surface area contributed by atoms with Crippen molar-refractivity contribution in [2.24, 2.45) is 10.7 Å². The van der Waals surface area contributed by atoms with Gasteiger partial charge in [0.25, 0.3) is 0 Å². The monoisotopic (exact) mass is 424 g/mol. The summed E-state index contributed by atoms with van der Waals surface area (Å²) in [6, 6.07) is 16.3. The van der Waals surface area contributed by atoms with Gasteiger partial charge in [-0.15, -0.1) is 0 Å². The average molecular weight is 424 g/mol. The number of ether oxygens (including phenoxy) is 1. The van der Waals surface area contributed by atoms with Crippen LogP contribution < -0.4 is 15.9 Å². The normalized spacial score (nSPS) is 11.6. The van der Waals surface area contributed by atoms with E-state index >= 15 is 0 Å². The van der Waals surface area contributed by atoms with Gasteiger partial charge in [-0.3, -0.25) is 14.8 Å². The van der Waals surface area contributed by atoms with Gasteiger partial charge in [0.05, 0.1) is 30.4 Å². The minimum absolute atomic E-state index is 0.165. The molecule has 0 saturated carbocycles. The number of nitrogens with zero attached hydrogens (tertiary/aromatic N) is 5. The summed E-state index contributed by atoms with van der Waals surface area (Å²) in [4.78, 5) is 25.6. The third-order valence-corrected chi connectivity index (χ3v) is 4.60. The predicted octanol–water partition coefficient (Wildman–Crippen LogP) is 3.29. The van der Waals surface area contributed by atoms with E-state index in [1.54, 1.807) is 42.7 Å². The number of methoxy groups -OCH3 is 1. The molecule has 0 amide bonds. The Morgan fingerprint density at radius 1 is 1.12 bits per heavy atom. The molecule has 2 N–H and O–H groups in total. The van der Waals surface area contributed by atoms with Crippen molar-refractivity contribution in [3.63, 3.8) is 0 Å². The maximum atomic E-state index is 12.6. The van der Waals surface area contributed by atoms with Crippen LogP contribution in [-0.2, 0) is 0 Å². The minimum atomic E-state index is -0.274. The number of aromatic nitrogens is 4. The second kappa shape index (κ2) is 9.48. The molecule has 2 aromatic heterocycles. The molecular formula is C24H20N6O2. The molecule has 8 heteroatoms. The fraction of sp³-hybridized carbons (Fsp3) is 0.0417. The van der Waals surface area contributed by atoms with Crippen LogP contribution in [0.25, 0.3) is 16.9 Å². The van der Waals surface area contributed by atoms with Crippen molar-refractivity contribution >= 4 is 11.4 Å². The van der Waals surface area contributed by atoms with E-state index in [1.807, 2.05) is 48.5 Å². The maximum absolute atomic E-state index is 12.6. The van der Waals surface area contributed by atoms with E-state index in [0.717, 1.165) is 11.3 Å². The Morgan fingerprint density at radius 2 is 1.97 bits per heavy atom. The average Bonchev–Trinajstić information content (AvgIpc) is 2.85. The highest BCUT2D eigenvalue weighted by molar-refractivity contribution is 6.08. The van der Waals surface area contributed by atoms with Crippen molar-refractivity contribution < 1.29 is 4.74 Å². The van der Waals surface area contributed by atoms with Crippen LogP contribution in [0, 0.1) is 0 Å². The Labute approximate surface area is 184 Å². The van der Waals surface area contributed by atoms with Crippen molar-refractivity contribution in [3.05, 3.63) is 108 Å². The Hall–Kier alpha value is -4.59. The van der Waals surface area contributed by atoms with Crippen LogP contribution in [0.1, 0.15) is 5.69 Å². The molecule has 4 rings (SSSR count). The molecule has 2 aromatic carbocycles. The third kappa shape index (κ3) is 4.44. The van der Waals surface area contributed by atoms with Crippen molar-refractivity contribution in [3.8, 4) is 22.7 Å². The largest absolute Gasteiger partial charge is 0.494 e. The van der Waals surface area contributed by atoms with Gasteiger partial charge in [0.2, 0.25) is 5.43 Å². The Morgan fingerprint density at radius 3 is 2.69 bits per heavy atom. The van der Waals surface area contributed by atoms with Gasteiger partial charge in [-0.1, -0.05) is 24.3 Å². The van der Waals surface area contributed by atoms with Gasteiger partial charge in [0.15, 0.2) is 5.69 Å². The van der Waals surface area contributed by atoms with Gasteiger partial charge < -0.3 is 10.5 Å². The molecule has 0 fully saturated rings. The number of para-hydroxylation sites is 1. The van der Waals surface area contributed by atoms with E-state index < -0.39 is 0 Å². The second-order valence-corrected chi connectivity index (χ2v) is 6.64. The van der Waals surface area contributed by atoms with Crippen molar-refractivity contribution in [2.45, 2.75) is 0 Å². The second-order valence-electron chi connectivity index (χ2n) is 6.64. The first kappa shape index (κ1) is 20.7. The van der Waals surface area contributed by atoms with Gasteiger partial charge in [0.1, 0.15) is 11.4 Å². The summed E-state index contributed by atoms with van der Waals surface area (Å²) in [5, 5.41) is 4.53. The summed E-state index contributed by atoms with van der Waals surface area (Å²) in [5.74, 6) is 0.561. The molecule has 0 atom stereocenters. The van der Waals surface area contributed by atoms with E-state index in [-0.39, 0.29) is 11.1 Å². The number of rotatable bonds is 6. The highest BCUT2D eigenvalue weighted by Crippen LogP contribution is 2.28. The Bertz CT molecular complexity index is 1330. The molecular weight excluding hydrogens is 404 g/mol. The van der Waals surface area contributed by atoms with E-state index in [9.17, 15) is 4.79 Å². The van der Waals surface area contributed by atoms with Crippen LogP contribution in [0.5, 0.6) is 5.75 Å². The predicted molar refractivity (Wildman–Crippen MR) is 123 cm³/mol. The molecule has 2 heterocycles. The minimum Gasteiger partial charge on any atom is -0.494 e. The molecule has 0 spiro atoms. The summed E-state index contributed by atoms with van der Waals surface area (Å²) in [5.41, 5.74) is 8.75. The standard InChI is InChI=1S/C24H20N6O2/c1-32-23-15-17(20-16-26-12-13-27-20)7-8-21(23)30-14-10-22(31)24(29-30)19(9-11-25)28-18-5-3-2-4-6-18/h2-16H,25H2,1H3. The first-order valence-electron chi connectivity index (χ1n) is 9.77. The summed E-state index contributed by atoms with van der Waals surface area (Å²) >= 11 is 0. The zero-order chi connectivity index (χ0) is 22.3. The van der Waals surface area contributed by atoms with Gasteiger partial charge in [-0.2, -0.15) is 5.10 Å². The number of allylic oxidation sites excluding steroid dienone is 1. The first-order chi connectivity index (χ1) is 15.7. The van der Waals surface area contributed by atoms with Crippen LogP contribution in [0.4, 0.5) is 5.69 Å². The molecule has 158 valence electrons. The quantitative estimate of drug-likeness (QED) is 0.476. The number of aliphatic imine (C=N–C) groups is 1. The fourth-order valence-electron chi connectivity index (χ4n) is 3.10. The molecule has 0 bridgehead atoms. The molecule has 32 heavy (non-hydrogen) atoms. The van der Waals surface area contributed by atoms with E-state index in [1.165, 1.54) is 12.3 Å². The topological polar surface area (TPSA) is 108 Å². The smallest absolute Gasteiger partial charge is 0.209 e. The van der Waals surface area contributed by atoms with Gasteiger partial charge in [-0.05, 0) is 36.5 Å². The molecule has 0 saturated heterocycles. The van der Waals surface area contributed by atoms with E-state index in [0.29, 0.717) is 22.8 Å². The zero-order valence-electron chi connectivity index (χ0n) is 17.3. The SMILES string of the molecule is COc1cc(-c2cnccn2)ccc1-n1ccc(=O)c(C(C=CN)=Nc2ccccc2)n1.